The van der Waals surface area contributed by atoms with Gasteiger partial charge in [0.15, 0.2) is 5.52 Å². The summed E-state index contributed by atoms with van der Waals surface area (Å²) in [6.45, 7) is 1.62. The molecule has 0 aliphatic heterocycles. The van der Waals surface area contributed by atoms with Gasteiger partial charge >= 0.3 is 0 Å². The highest BCUT2D eigenvalue weighted by atomic mass is 35.5. The lowest BCUT2D eigenvalue weighted by Crippen LogP contribution is -2.30. The first-order valence-electron chi connectivity index (χ1n) is 8.50. The van der Waals surface area contributed by atoms with E-state index in [-0.39, 0.29) is 18.0 Å². The van der Waals surface area contributed by atoms with Crippen LogP contribution in [-0.2, 0) is 11.3 Å². The van der Waals surface area contributed by atoms with Crippen LogP contribution >= 0.6 is 22.9 Å². The van der Waals surface area contributed by atoms with E-state index in [1.165, 1.54) is 11.3 Å². The maximum Gasteiger partial charge on any atom is 0.294 e. The topological polar surface area (TPSA) is 76.9 Å². The zero-order valence-corrected chi connectivity index (χ0v) is 16.4. The number of aryl methyl sites for hydroxylation is 1. The van der Waals surface area contributed by atoms with Crippen molar-refractivity contribution >= 4 is 44.7 Å². The van der Waals surface area contributed by atoms with Gasteiger partial charge in [0, 0.05) is 16.3 Å². The molecule has 0 aliphatic carbocycles. The van der Waals surface area contributed by atoms with Crippen LogP contribution in [0.3, 0.4) is 0 Å². The van der Waals surface area contributed by atoms with Crippen LogP contribution in [0.1, 0.15) is 5.01 Å². The second-order valence-corrected chi connectivity index (χ2v) is 7.79. The molecule has 4 aromatic rings. The van der Waals surface area contributed by atoms with Gasteiger partial charge in [-0.1, -0.05) is 48.0 Å². The van der Waals surface area contributed by atoms with E-state index in [9.17, 15) is 9.59 Å². The lowest BCUT2D eigenvalue weighted by molar-refractivity contribution is -0.117. The van der Waals surface area contributed by atoms with Gasteiger partial charge in [0.2, 0.25) is 5.91 Å². The van der Waals surface area contributed by atoms with Crippen LogP contribution in [-0.4, -0.2) is 20.7 Å². The number of nitrogens with one attached hydrogen (secondary N) is 1. The lowest BCUT2D eigenvalue weighted by Gasteiger charge is -2.09. The molecule has 0 bridgehead atoms. The predicted octanol–water partition coefficient (Wildman–Crippen LogP) is 4.12. The van der Waals surface area contributed by atoms with Crippen molar-refractivity contribution in [3.8, 4) is 11.3 Å². The number of hydrogen-bond acceptors (Lipinski definition) is 5. The molecule has 0 unspecified atom stereocenters. The number of nitrogens with zero attached hydrogens (tertiary/aromatic N) is 3. The largest absolute Gasteiger partial charge is 0.324 e. The minimum Gasteiger partial charge on any atom is -0.324 e. The number of anilines is 1. The van der Waals surface area contributed by atoms with Crippen LogP contribution in [0.2, 0.25) is 5.02 Å². The molecule has 2 heterocycles. The van der Waals surface area contributed by atoms with Crippen LogP contribution in [0, 0.1) is 6.92 Å². The number of hydrogen-bond donors (Lipinski definition) is 1. The highest BCUT2D eigenvalue weighted by molar-refractivity contribution is 7.19. The van der Waals surface area contributed by atoms with E-state index in [4.69, 9.17) is 11.6 Å². The summed E-state index contributed by atoms with van der Waals surface area (Å²) in [5.74, 6) is -0.373. The summed E-state index contributed by atoms with van der Waals surface area (Å²) in [6.07, 6.45) is 0. The summed E-state index contributed by atoms with van der Waals surface area (Å²) in [6, 6.07) is 16.4. The molecule has 2 aromatic heterocycles. The van der Waals surface area contributed by atoms with Gasteiger partial charge in [-0.15, -0.1) is 11.3 Å². The van der Waals surface area contributed by atoms with Crippen molar-refractivity contribution in [2.75, 3.05) is 5.32 Å². The van der Waals surface area contributed by atoms with E-state index in [1.54, 1.807) is 24.3 Å². The van der Waals surface area contributed by atoms with Crippen LogP contribution in [0.15, 0.2) is 59.4 Å². The molecular weight excluding hydrogens is 396 g/mol. The summed E-state index contributed by atoms with van der Waals surface area (Å²) in [5, 5.41) is 8.48. The molecule has 140 valence electrons. The second-order valence-electron chi connectivity index (χ2n) is 6.15. The van der Waals surface area contributed by atoms with Crippen molar-refractivity contribution in [3.05, 3.63) is 75.0 Å². The third-order valence-electron chi connectivity index (χ3n) is 4.06. The van der Waals surface area contributed by atoms with E-state index in [0.717, 1.165) is 20.0 Å². The Morgan fingerprint density at radius 2 is 1.96 bits per heavy atom. The first kappa shape index (κ1) is 18.3. The van der Waals surface area contributed by atoms with Crippen molar-refractivity contribution in [2.45, 2.75) is 13.5 Å². The Hall–Kier alpha value is -3.03. The number of fused-ring (bicyclic) bond motifs is 1. The summed E-state index contributed by atoms with van der Waals surface area (Å²) >= 11 is 7.36. The Morgan fingerprint density at radius 1 is 1.18 bits per heavy atom. The zero-order valence-electron chi connectivity index (χ0n) is 14.8. The fraction of sp³-hybridized carbons (Fsp3) is 0.100. The first-order chi connectivity index (χ1) is 13.5. The van der Waals surface area contributed by atoms with E-state index in [2.05, 4.69) is 15.4 Å². The summed E-state index contributed by atoms with van der Waals surface area (Å²) in [7, 11) is 0. The van der Waals surface area contributed by atoms with Gasteiger partial charge in [-0.3, -0.25) is 9.59 Å². The fourth-order valence-electron chi connectivity index (χ4n) is 2.86. The molecule has 0 spiro atoms. The number of aromatic nitrogens is 3. The molecule has 8 heteroatoms. The monoisotopic (exact) mass is 410 g/mol. The standard InChI is InChI=1S/C20H15ClN4O2S/c1-12-22-18-19(28-12)17(13-6-3-2-4-7-13)24-25(20(18)27)11-16(26)23-15-9-5-8-14(21)10-15/h2-10H,11H2,1H3,(H,23,26). The molecule has 0 saturated carbocycles. The SMILES string of the molecule is Cc1nc2c(=O)n(CC(=O)Nc3cccc(Cl)c3)nc(-c3ccccc3)c2s1. The number of carbonyl (C=O) groups is 1. The summed E-state index contributed by atoms with van der Waals surface area (Å²) < 4.78 is 1.88. The van der Waals surface area contributed by atoms with Crippen molar-refractivity contribution in [1.29, 1.82) is 0 Å². The second kappa shape index (κ2) is 7.53. The van der Waals surface area contributed by atoms with Gasteiger partial charge < -0.3 is 5.32 Å². The maximum absolute atomic E-state index is 12.8. The van der Waals surface area contributed by atoms with Gasteiger partial charge in [-0.05, 0) is 25.1 Å². The quantitative estimate of drug-likeness (QED) is 0.549. The number of thiazole rings is 1. The van der Waals surface area contributed by atoms with E-state index >= 15 is 0 Å². The molecule has 0 atom stereocenters. The van der Waals surface area contributed by atoms with Gasteiger partial charge in [0.25, 0.3) is 5.56 Å². The molecule has 0 aliphatic rings. The average molecular weight is 411 g/mol. The average Bonchev–Trinajstić information content (AvgIpc) is 3.06. The fourth-order valence-corrected chi connectivity index (χ4v) is 3.97. The van der Waals surface area contributed by atoms with Crippen LogP contribution in [0.5, 0.6) is 0 Å². The predicted molar refractivity (Wildman–Crippen MR) is 112 cm³/mol. The minimum absolute atomic E-state index is 0.225. The molecular formula is C20H15ClN4O2S. The third kappa shape index (κ3) is 3.67. The van der Waals surface area contributed by atoms with Crippen LogP contribution < -0.4 is 10.9 Å². The number of halogens is 1. The molecule has 0 fully saturated rings. The Morgan fingerprint density at radius 3 is 2.71 bits per heavy atom. The maximum atomic E-state index is 12.8. The molecule has 0 saturated heterocycles. The van der Waals surface area contributed by atoms with Crippen molar-refractivity contribution in [3.63, 3.8) is 0 Å². The molecule has 2 aromatic carbocycles. The highest BCUT2D eigenvalue weighted by Gasteiger charge is 2.17. The minimum atomic E-state index is -0.389. The van der Waals surface area contributed by atoms with Crippen molar-refractivity contribution in [2.24, 2.45) is 0 Å². The molecule has 1 amide bonds. The van der Waals surface area contributed by atoms with E-state index < -0.39 is 0 Å². The Kier molecular flexibility index (Phi) is 4.93. The summed E-state index contributed by atoms with van der Waals surface area (Å²) in [4.78, 5) is 29.6. The lowest BCUT2D eigenvalue weighted by atomic mass is 10.1. The number of benzene rings is 2. The first-order valence-corrected chi connectivity index (χ1v) is 9.70. The number of rotatable bonds is 4. The molecule has 1 N–H and O–H groups in total. The molecule has 28 heavy (non-hydrogen) atoms. The Labute approximate surface area is 169 Å². The number of carbonyl (C=O) groups excluding carboxylic acids is 1. The number of amides is 1. The van der Waals surface area contributed by atoms with Crippen molar-refractivity contribution < 1.29 is 4.79 Å². The van der Waals surface area contributed by atoms with Gasteiger partial charge in [0.05, 0.1) is 9.71 Å². The van der Waals surface area contributed by atoms with Gasteiger partial charge in [-0.25, -0.2) is 9.67 Å². The van der Waals surface area contributed by atoms with E-state index in [1.807, 2.05) is 37.3 Å². The van der Waals surface area contributed by atoms with Gasteiger partial charge in [-0.2, -0.15) is 5.10 Å². The zero-order chi connectivity index (χ0) is 19.7. The molecule has 0 radical (unpaired) electrons. The Bertz CT molecular complexity index is 1230. The molecule has 4 rings (SSSR count). The molecule has 6 nitrogen and oxygen atoms in total. The third-order valence-corrected chi connectivity index (χ3v) is 5.27. The highest BCUT2D eigenvalue weighted by Crippen LogP contribution is 2.29. The van der Waals surface area contributed by atoms with Crippen LogP contribution in [0.4, 0.5) is 5.69 Å². The Balaban J connectivity index is 1.74. The van der Waals surface area contributed by atoms with Gasteiger partial charge in [0.1, 0.15) is 12.2 Å². The van der Waals surface area contributed by atoms with Crippen molar-refractivity contribution in [1.82, 2.24) is 14.8 Å². The van der Waals surface area contributed by atoms with Crippen LogP contribution in [0.25, 0.3) is 21.5 Å². The summed E-state index contributed by atoms with van der Waals surface area (Å²) in [5.41, 5.74) is 1.99. The van der Waals surface area contributed by atoms with E-state index in [0.29, 0.717) is 21.9 Å². The smallest absolute Gasteiger partial charge is 0.294 e. The normalized spacial score (nSPS) is 10.9.